The second-order valence-corrected chi connectivity index (χ2v) is 17.0. The normalized spacial score (nSPS) is 12.3. The first-order valence-electron chi connectivity index (χ1n) is 11.0. The molecule has 0 aliphatic heterocycles. The summed E-state index contributed by atoms with van der Waals surface area (Å²) in [6, 6.07) is 13.7. The first kappa shape index (κ1) is 22.6. The third-order valence-electron chi connectivity index (χ3n) is 5.88. The number of H-pyrrole nitrogens is 2. The van der Waals surface area contributed by atoms with Crippen LogP contribution in [0.15, 0.2) is 63.9 Å². The van der Waals surface area contributed by atoms with Gasteiger partial charge in [0.15, 0.2) is 0 Å². The van der Waals surface area contributed by atoms with E-state index in [4.69, 9.17) is 9.72 Å². The fourth-order valence-electron chi connectivity index (χ4n) is 4.06. The number of aromatic amines is 2. The number of hydrogen-bond donors (Lipinski definition) is 2. The second kappa shape index (κ2) is 8.90. The Morgan fingerprint density at radius 1 is 0.909 bits per heavy atom. The number of hydrogen-bond acceptors (Lipinski definition) is 2. The summed E-state index contributed by atoms with van der Waals surface area (Å²) in [5.41, 5.74) is 5.39. The number of aromatic nitrogens is 4. The van der Waals surface area contributed by atoms with Crippen molar-refractivity contribution in [2.24, 2.45) is 0 Å². The summed E-state index contributed by atoms with van der Waals surface area (Å²) in [7, 11) is -1.16. The molecule has 0 spiro atoms. The van der Waals surface area contributed by atoms with Crippen molar-refractivity contribution < 1.29 is 4.74 Å². The molecular formula is C25H26Br2N4OSi. The van der Waals surface area contributed by atoms with Gasteiger partial charge in [0.2, 0.25) is 0 Å². The van der Waals surface area contributed by atoms with Gasteiger partial charge in [-0.05, 0) is 30.3 Å². The highest BCUT2D eigenvalue weighted by Gasteiger charge is 2.19. The van der Waals surface area contributed by atoms with Crippen molar-refractivity contribution in [3.63, 3.8) is 0 Å². The monoisotopic (exact) mass is 584 g/mol. The molecule has 0 bridgehead atoms. The Morgan fingerprint density at radius 3 is 2.15 bits per heavy atom. The maximum Gasteiger partial charge on any atom is 0.144 e. The average molecular weight is 586 g/mol. The minimum Gasteiger partial charge on any atom is -0.361 e. The van der Waals surface area contributed by atoms with Crippen molar-refractivity contribution in [3.8, 4) is 22.6 Å². The molecule has 5 rings (SSSR count). The van der Waals surface area contributed by atoms with Gasteiger partial charge in [-0.15, -0.1) is 0 Å². The Kier molecular flexibility index (Phi) is 6.11. The molecular weight excluding hydrogens is 560 g/mol. The van der Waals surface area contributed by atoms with E-state index in [1.165, 1.54) is 0 Å². The van der Waals surface area contributed by atoms with Gasteiger partial charge >= 0.3 is 0 Å². The molecule has 3 aromatic heterocycles. The maximum atomic E-state index is 6.22. The number of halogens is 2. The van der Waals surface area contributed by atoms with Gasteiger partial charge in [-0.1, -0.05) is 63.6 Å². The quantitative estimate of drug-likeness (QED) is 0.150. The van der Waals surface area contributed by atoms with Crippen molar-refractivity contribution in [3.05, 3.63) is 63.9 Å². The number of nitrogens with one attached hydrogen (secondary N) is 2. The molecule has 0 unspecified atom stereocenters. The van der Waals surface area contributed by atoms with E-state index in [9.17, 15) is 0 Å². The highest BCUT2D eigenvalue weighted by molar-refractivity contribution is 9.10. The van der Waals surface area contributed by atoms with Crippen molar-refractivity contribution in [1.82, 2.24) is 19.5 Å². The van der Waals surface area contributed by atoms with E-state index < -0.39 is 8.07 Å². The second-order valence-electron chi connectivity index (χ2n) is 9.53. The maximum absolute atomic E-state index is 6.22. The van der Waals surface area contributed by atoms with E-state index in [0.29, 0.717) is 6.73 Å². The molecule has 5 aromatic rings. The zero-order valence-electron chi connectivity index (χ0n) is 18.9. The van der Waals surface area contributed by atoms with Crippen molar-refractivity contribution >= 4 is 61.7 Å². The van der Waals surface area contributed by atoms with Gasteiger partial charge in [-0.3, -0.25) is 4.57 Å². The van der Waals surface area contributed by atoms with E-state index in [2.05, 4.69) is 109 Å². The van der Waals surface area contributed by atoms with Crippen LogP contribution in [-0.4, -0.2) is 34.2 Å². The van der Waals surface area contributed by atoms with Crippen LogP contribution in [0.25, 0.3) is 44.5 Å². The van der Waals surface area contributed by atoms with Crippen molar-refractivity contribution in [2.75, 3.05) is 6.61 Å². The molecule has 2 N–H and O–H groups in total. The van der Waals surface area contributed by atoms with E-state index in [0.717, 1.165) is 66.0 Å². The summed E-state index contributed by atoms with van der Waals surface area (Å²) < 4.78 is 10.5. The van der Waals surface area contributed by atoms with E-state index in [-0.39, 0.29) is 0 Å². The lowest BCUT2D eigenvalue weighted by atomic mass is 10.1. The van der Waals surface area contributed by atoms with Gasteiger partial charge in [-0.2, -0.15) is 0 Å². The average Bonchev–Trinajstić information content (AvgIpc) is 3.45. The van der Waals surface area contributed by atoms with E-state index >= 15 is 0 Å². The Labute approximate surface area is 210 Å². The van der Waals surface area contributed by atoms with Gasteiger partial charge in [0, 0.05) is 69.0 Å². The van der Waals surface area contributed by atoms with Crippen molar-refractivity contribution in [2.45, 2.75) is 32.4 Å². The largest absolute Gasteiger partial charge is 0.361 e. The van der Waals surface area contributed by atoms with Crippen molar-refractivity contribution in [1.29, 1.82) is 0 Å². The van der Waals surface area contributed by atoms with E-state index in [1.807, 2.05) is 12.4 Å². The summed E-state index contributed by atoms with van der Waals surface area (Å²) >= 11 is 7.13. The smallest absolute Gasteiger partial charge is 0.144 e. The summed E-state index contributed by atoms with van der Waals surface area (Å²) in [6.07, 6.45) is 6.05. The van der Waals surface area contributed by atoms with Gasteiger partial charge < -0.3 is 14.7 Å². The molecule has 0 radical (unpaired) electrons. The third-order valence-corrected chi connectivity index (χ3v) is 8.57. The zero-order chi connectivity index (χ0) is 23.2. The van der Waals surface area contributed by atoms with Crippen LogP contribution in [0.3, 0.4) is 0 Å². The fraction of sp³-hybridized carbons (Fsp3) is 0.240. The molecule has 0 saturated carbocycles. The lowest BCUT2D eigenvalue weighted by Gasteiger charge is -2.17. The van der Waals surface area contributed by atoms with Crippen LogP contribution in [0.1, 0.15) is 0 Å². The van der Waals surface area contributed by atoms with Gasteiger partial charge in [0.05, 0.1) is 11.9 Å². The molecule has 8 heteroatoms. The van der Waals surface area contributed by atoms with Gasteiger partial charge in [0.1, 0.15) is 12.6 Å². The Bertz CT molecular complexity index is 1350. The molecule has 0 aliphatic rings. The summed E-state index contributed by atoms with van der Waals surface area (Å²) in [4.78, 5) is 11.7. The number of benzene rings is 2. The summed E-state index contributed by atoms with van der Waals surface area (Å²) in [6.45, 7) is 8.34. The van der Waals surface area contributed by atoms with Crippen LogP contribution in [0.4, 0.5) is 0 Å². The minimum atomic E-state index is -1.16. The molecule has 0 saturated heterocycles. The lowest BCUT2D eigenvalue weighted by molar-refractivity contribution is 0.0893. The van der Waals surface area contributed by atoms with Crippen LogP contribution in [0, 0.1) is 0 Å². The molecule has 2 aromatic carbocycles. The van der Waals surface area contributed by atoms with E-state index in [1.54, 1.807) is 0 Å². The fourth-order valence-corrected chi connectivity index (χ4v) is 5.54. The molecule has 0 aliphatic carbocycles. The summed E-state index contributed by atoms with van der Waals surface area (Å²) in [5, 5.41) is 2.30. The summed E-state index contributed by atoms with van der Waals surface area (Å²) in [5.74, 6) is 0.901. The Balaban J connectivity index is 1.59. The molecule has 0 atom stereocenters. The first-order valence-corrected chi connectivity index (χ1v) is 16.3. The number of rotatable bonds is 7. The van der Waals surface area contributed by atoms with Gasteiger partial charge in [0.25, 0.3) is 0 Å². The topological polar surface area (TPSA) is 58.6 Å². The number of nitrogens with zero attached hydrogens (tertiary/aromatic N) is 2. The number of ether oxygens (including phenoxy) is 1. The van der Waals surface area contributed by atoms with Crippen LogP contribution < -0.4 is 0 Å². The molecule has 170 valence electrons. The van der Waals surface area contributed by atoms with Crippen LogP contribution in [0.5, 0.6) is 0 Å². The first-order chi connectivity index (χ1) is 15.8. The highest BCUT2D eigenvalue weighted by atomic mass is 79.9. The van der Waals surface area contributed by atoms with Crippen LogP contribution in [-0.2, 0) is 11.5 Å². The molecule has 5 nitrogen and oxygen atoms in total. The SMILES string of the molecule is C[Si](C)(C)CCOCn1c(-c2c[nH]c3cc(Br)ccc23)cnc1-c1c[nH]c2cc(Br)ccc12. The number of fused-ring (bicyclic) bond motifs is 2. The zero-order valence-corrected chi connectivity index (χ0v) is 23.0. The number of imidazole rings is 1. The molecule has 33 heavy (non-hydrogen) atoms. The lowest BCUT2D eigenvalue weighted by Crippen LogP contribution is -2.22. The molecule has 0 fully saturated rings. The molecule has 3 heterocycles. The Hall–Kier alpha value is -2.13. The van der Waals surface area contributed by atoms with Gasteiger partial charge in [-0.25, -0.2) is 4.98 Å². The Morgan fingerprint density at radius 2 is 1.52 bits per heavy atom. The highest BCUT2D eigenvalue weighted by Crippen LogP contribution is 2.35. The molecule has 0 amide bonds. The predicted octanol–water partition coefficient (Wildman–Crippen LogP) is 8.02. The van der Waals surface area contributed by atoms with Crippen LogP contribution in [0.2, 0.25) is 25.7 Å². The van der Waals surface area contributed by atoms with Crippen LogP contribution >= 0.6 is 31.9 Å². The predicted molar refractivity (Wildman–Crippen MR) is 146 cm³/mol. The third kappa shape index (κ3) is 4.62. The standard InChI is InChI=1S/C25H26Br2N4OSi/c1-33(2,3)9-8-32-15-31-24(20-12-28-22-10-16(26)4-6-18(20)22)14-30-25(31)21-13-29-23-11-17(27)5-7-19(21)23/h4-7,10-14,28-29H,8-9,15H2,1-3H3. The minimum absolute atomic E-state index is 0.460.